The van der Waals surface area contributed by atoms with Gasteiger partial charge in [0.15, 0.2) is 5.82 Å². The summed E-state index contributed by atoms with van der Waals surface area (Å²) in [6.07, 6.45) is 2.98. The average molecular weight is 329 g/mol. The molecule has 1 aromatic heterocycles. The fraction of sp³-hybridized carbons (Fsp3) is 0.167. The molecule has 2 rings (SSSR count). The third kappa shape index (κ3) is 3.37. The first kappa shape index (κ1) is 13.7. The maximum atomic E-state index is 13.6. The van der Waals surface area contributed by atoms with Crippen LogP contribution in [0.3, 0.4) is 0 Å². The number of nitrogens with one attached hydrogen (secondary N) is 2. The van der Waals surface area contributed by atoms with E-state index in [1.807, 2.05) is 6.92 Å². The number of aromatic nitrogens is 2. The third-order valence-corrected chi connectivity index (χ3v) is 2.87. The molecule has 0 spiro atoms. The maximum absolute atomic E-state index is 13.6. The predicted octanol–water partition coefficient (Wildman–Crippen LogP) is 3.69. The monoisotopic (exact) mass is 328 g/mol. The molecule has 19 heavy (non-hydrogen) atoms. The zero-order chi connectivity index (χ0) is 13.8. The van der Waals surface area contributed by atoms with Crippen molar-refractivity contribution in [2.75, 3.05) is 17.2 Å². The smallest absolute Gasteiger partial charge is 0.151 e. The molecule has 1 heterocycles. The molecule has 2 N–H and O–H groups in total. The lowest BCUT2D eigenvalue weighted by atomic mass is 10.3. The van der Waals surface area contributed by atoms with Gasteiger partial charge >= 0.3 is 0 Å². The molecule has 0 amide bonds. The molecule has 0 atom stereocenters. The Morgan fingerprint density at radius 3 is 2.63 bits per heavy atom. The second-order valence-corrected chi connectivity index (χ2v) is 4.55. The lowest BCUT2D eigenvalue weighted by Gasteiger charge is -2.09. The minimum absolute atomic E-state index is 0.00338. The second-order valence-electron chi connectivity index (χ2n) is 3.69. The molecule has 0 unspecified atom stereocenters. The summed E-state index contributed by atoms with van der Waals surface area (Å²) in [4.78, 5) is 8.12. The van der Waals surface area contributed by atoms with E-state index in [1.165, 1.54) is 6.20 Å². The molecule has 2 aromatic rings. The maximum Gasteiger partial charge on any atom is 0.151 e. The van der Waals surface area contributed by atoms with Crippen molar-refractivity contribution in [1.29, 1.82) is 0 Å². The molecule has 0 fully saturated rings. The highest BCUT2D eigenvalue weighted by Crippen LogP contribution is 2.25. The summed E-state index contributed by atoms with van der Waals surface area (Å²) in [5, 5.41) is 5.67. The second kappa shape index (κ2) is 5.92. The minimum Gasteiger partial charge on any atom is -0.369 e. The van der Waals surface area contributed by atoms with Crippen molar-refractivity contribution in [3.8, 4) is 0 Å². The number of rotatable bonds is 4. The van der Waals surface area contributed by atoms with E-state index < -0.39 is 11.6 Å². The van der Waals surface area contributed by atoms with Crippen LogP contribution < -0.4 is 10.6 Å². The highest BCUT2D eigenvalue weighted by atomic mass is 79.9. The Hall–Kier alpha value is -1.76. The van der Waals surface area contributed by atoms with Crippen molar-refractivity contribution in [3.63, 3.8) is 0 Å². The van der Waals surface area contributed by atoms with Crippen LogP contribution in [0, 0.1) is 11.6 Å². The minimum atomic E-state index is -0.580. The van der Waals surface area contributed by atoms with E-state index in [1.54, 1.807) is 6.20 Å². The van der Waals surface area contributed by atoms with Gasteiger partial charge in [-0.25, -0.2) is 13.8 Å². The van der Waals surface area contributed by atoms with Crippen molar-refractivity contribution in [2.45, 2.75) is 6.92 Å². The fourth-order valence-electron chi connectivity index (χ4n) is 1.45. The van der Waals surface area contributed by atoms with Crippen LogP contribution in [0.25, 0.3) is 0 Å². The number of nitrogens with zero attached hydrogens (tertiary/aromatic N) is 2. The number of anilines is 3. The summed E-state index contributed by atoms with van der Waals surface area (Å²) >= 11 is 2.92. The van der Waals surface area contributed by atoms with Gasteiger partial charge in [0.2, 0.25) is 0 Å². The predicted molar refractivity (Wildman–Crippen MR) is 73.5 cm³/mol. The molecule has 4 nitrogen and oxygen atoms in total. The van der Waals surface area contributed by atoms with Gasteiger partial charge in [0.25, 0.3) is 0 Å². The Labute approximate surface area is 117 Å². The third-order valence-electron chi connectivity index (χ3n) is 2.27. The molecule has 0 radical (unpaired) electrons. The SMILES string of the molecule is CCNc1cncc(Nc2cc(F)c(Br)cc2F)n1. The van der Waals surface area contributed by atoms with E-state index in [2.05, 4.69) is 36.5 Å². The van der Waals surface area contributed by atoms with Crippen molar-refractivity contribution >= 4 is 33.3 Å². The Morgan fingerprint density at radius 1 is 1.16 bits per heavy atom. The molecular weight excluding hydrogens is 318 g/mol. The largest absolute Gasteiger partial charge is 0.369 e. The molecule has 7 heteroatoms. The number of halogens is 3. The van der Waals surface area contributed by atoms with Crippen LogP contribution in [0.1, 0.15) is 6.92 Å². The van der Waals surface area contributed by atoms with Crippen molar-refractivity contribution < 1.29 is 8.78 Å². The summed E-state index contributed by atoms with van der Waals surface area (Å²) < 4.78 is 27.1. The van der Waals surface area contributed by atoms with Gasteiger partial charge in [-0.3, -0.25) is 4.98 Å². The van der Waals surface area contributed by atoms with Crippen LogP contribution in [0.15, 0.2) is 29.0 Å². The van der Waals surface area contributed by atoms with Gasteiger partial charge in [0.1, 0.15) is 17.5 Å². The van der Waals surface area contributed by atoms with Crippen LogP contribution in [0.4, 0.5) is 26.1 Å². The van der Waals surface area contributed by atoms with Gasteiger partial charge in [-0.2, -0.15) is 0 Å². The van der Waals surface area contributed by atoms with E-state index in [4.69, 9.17) is 0 Å². The van der Waals surface area contributed by atoms with E-state index in [0.29, 0.717) is 18.2 Å². The van der Waals surface area contributed by atoms with E-state index in [0.717, 1.165) is 12.1 Å². The Kier molecular flexibility index (Phi) is 4.26. The molecule has 0 aliphatic rings. The van der Waals surface area contributed by atoms with E-state index >= 15 is 0 Å². The van der Waals surface area contributed by atoms with Crippen LogP contribution in [-0.4, -0.2) is 16.5 Å². The van der Waals surface area contributed by atoms with Crippen LogP contribution >= 0.6 is 15.9 Å². The molecule has 0 aliphatic carbocycles. The lowest BCUT2D eigenvalue weighted by Crippen LogP contribution is -2.03. The van der Waals surface area contributed by atoms with Gasteiger partial charge in [0, 0.05) is 12.6 Å². The summed E-state index contributed by atoms with van der Waals surface area (Å²) in [6, 6.07) is 2.11. The number of hydrogen-bond donors (Lipinski definition) is 2. The zero-order valence-electron chi connectivity index (χ0n) is 10.0. The van der Waals surface area contributed by atoms with E-state index in [9.17, 15) is 8.78 Å². The van der Waals surface area contributed by atoms with Crippen molar-refractivity contribution in [1.82, 2.24) is 9.97 Å². The average Bonchev–Trinajstić information content (AvgIpc) is 2.37. The molecule has 0 aliphatic heterocycles. The standard InChI is InChI=1S/C12H11BrF2N4/c1-2-17-11-5-16-6-12(19-11)18-10-4-8(14)7(13)3-9(10)15/h3-6H,2H2,1H3,(H2,17,18,19). The van der Waals surface area contributed by atoms with Crippen LogP contribution in [0.2, 0.25) is 0 Å². The van der Waals surface area contributed by atoms with Crippen molar-refractivity contribution in [3.05, 3.63) is 40.6 Å². The highest BCUT2D eigenvalue weighted by molar-refractivity contribution is 9.10. The van der Waals surface area contributed by atoms with Gasteiger partial charge < -0.3 is 10.6 Å². The fourth-order valence-corrected chi connectivity index (χ4v) is 1.76. The molecule has 0 saturated carbocycles. The van der Waals surface area contributed by atoms with Crippen molar-refractivity contribution in [2.24, 2.45) is 0 Å². The number of hydrogen-bond acceptors (Lipinski definition) is 4. The Bertz CT molecular complexity index is 592. The van der Waals surface area contributed by atoms with Crippen LogP contribution in [0.5, 0.6) is 0 Å². The molecule has 0 saturated heterocycles. The summed E-state index contributed by atoms with van der Waals surface area (Å²) in [5.74, 6) is -0.242. The van der Waals surface area contributed by atoms with Crippen LogP contribution in [-0.2, 0) is 0 Å². The zero-order valence-corrected chi connectivity index (χ0v) is 11.6. The Balaban J connectivity index is 2.25. The molecular formula is C12H11BrF2N4. The topological polar surface area (TPSA) is 49.8 Å². The van der Waals surface area contributed by atoms with Gasteiger partial charge in [-0.1, -0.05) is 0 Å². The number of benzene rings is 1. The van der Waals surface area contributed by atoms with E-state index in [-0.39, 0.29) is 10.2 Å². The molecule has 1 aromatic carbocycles. The quantitative estimate of drug-likeness (QED) is 0.840. The first-order chi connectivity index (χ1) is 9.10. The first-order valence-electron chi connectivity index (χ1n) is 5.57. The molecule has 100 valence electrons. The van der Waals surface area contributed by atoms with Gasteiger partial charge in [-0.15, -0.1) is 0 Å². The first-order valence-corrected chi connectivity index (χ1v) is 6.37. The van der Waals surface area contributed by atoms with Gasteiger partial charge in [-0.05, 0) is 28.9 Å². The van der Waals surface area contributed by atoms with Gasteiger partial charge in [0.05, 0.1) is 22.6 Å². The lowest BCUT2D eigenvalue weighted by molar-refractivity contribution is 0.597. The normalized spacial score (nSPS) is 10.3. The Morgan fingerprint density at radius 2 is 1.89 bits per heavy atom. The molecule has 0 bridgehead atoms. The highest BCUT2D eigenvalue weighted by Gasteiger charge is 2.09. The summed E-state index contributed by atoms with van der Waals surface area (Å²) in [7, 11) is 0. The summed E-state index contributed by atoms with van der Waals surface area (Å²) in [6.45, 7) is 2.62. The summed E-state index contributed by atoms with van der Waals surface area (Å²) in [5.41, 5.74) is 0.00338.